The number of aryl methyl sites for hydroxylation is 1. The number of benzene rings is 3. The third-order valence-electron chi connectivity index (χ3n) is 5.88. The molecule has 0 bridgehead atoms. The maximum Gasteiger partial charge on any atom is 0.264 e. The predicted octanol–water partition coefficient (Wildman–Crippen LogP) is 5.05. The van der Waals surface area contributed by atoms with Crippen LogP contribution >= 0.6 is 23.2 Å². The highest BCUT2D eigenvalue weighted by atomic mass is 35.5. The number of amides is 2. The zero-order valence-corrected chi connectivity index (χ0v) is 23.1. The molecule has 0 aliphatic carbocycles. The van der Waals surface area contributed by atoms with E-state index in [0.717, 1.165) is 4.31 Å². The normalized spacial score (nSPS) is 12.0. The largest absolute Gasteiger partial charge is 0.355 e. The van der Waals surface area contributed by atoms with Gasteiger partial charge in [-0.3, -0.25) is 13.9 Å². The molecule has 10 heteroatoms. The van der Waals surface area contributed by atoms with Crippen molar-refractivity contribution in [1.29, 1.82) is 0 Å². The molecule has 3 rings (SSSR count). The van der Waals surface area contributed by atoms with Crippen LogP contribution in [0.2, 0.25) is 10.0 Å². The van der Waals surface area contributed by atoms with Crippen LogP contribution in [0.5, 0.6) is 0 Å². The Morgan fingerprint density at radius 2 is 1.57 bits per heavy atom. The number of hydrogen-bond acceptors (Lipinski definition) is 4. The van der Waals surface area contributed by atoms with Crippen molar-refractivity contribution in [1.82, 2.24) is 10.2 Å². The first-order chi connectivity index (χ1) is 17.6. The van der Waals surface area contributed by atoms with Gasteiger partial charge in [-0.1, -0.05) is 59.6 Å². The van der Waals surface area contributed by atoms with Gasteiger partial charge < -0.3 is 10.2 Å². The molecule has 0 unspecified atom stereocenters. The van der Waals surface area contributed by atoms with Crippen molar-refractivity contribution < 1.29 is 18.0 Å². The summed E-state index contributed by atoms with van der Waals surface area (Å²) >= 11 is 12.3. The molecule has 1 N–H and O–H groups in total. The first-order valence-electron chi connectivity index (χ1n) is 11.7. The number of likely N-dealkylation sites (N-methyl/N-ethyl adjacent to an activating group) is 1. The van der Waals surface area contributed by atoms with E-state index in [4.69, 9.17) is 23.2 Å². The Balaban J connectivity index is 2.05. The monoisotopic (exact) mass is 561 g/mol. The second kappa shape index (κ2) is 12.4. The van der Waals surface area contributed by atoms with Crippen LogP contribution in [0.3, 0.4) is 0 Å². The van der Waals surface area contributed by atoms with Crippen LogP contribution in [0.1, 0.15) is 25.0 Å². The second-order valence-electron chi connectivity index (χ2n) is 8.44. The zero-order chi connectivity index (χ0) is 27.2. The molecule has 0 heterocycles. The maximum absolute atomic E-state index is 13.8. The summed E-state index contributed by atoms with van der Waals surface area (Å²) in [5.41, 5.74) is 1.66. The Morgan fingerprint density at radius 1 is 0.946 bits per heavy atom. The fourth-order valence-corrected chi connectivity index (χ4v) is 5.61. The molecule has 0 saturated carbocycles. The summed E-state index contributed by atoms with van der Waals surface area (Å²) in [6, 6.07) is 18.8. The first-order valence-corrected chi connectivity index (χ1v) is 13.9. The molecule has 0 aliphatic rings. The maximum atomic E-state index is 13.8. The molecule has 0 fully saturated rings. The number of carbonyl (C=O) groups excluding carboxylic acids is 2. The SMILES string of the molecule is CCNC(=O)[C@@H](C)N(Cc1ccccc1Cl)C(=O)CN(c1ccccc1C)S(=O)(=O)c1ccc(Cl)cc1. The van der Waals surface area contributed by atoms with Gasteiger partial charge in [-0.2, -0.15) is 0 Å². The van der Waals surface area contributed by atoms with Crippen LogP contribution in [-0.2, 0) is 26.2 Å². The fourth-order valence-electron chi connectivity index (χ4n) is 3.81. The standard InChI is InChI=1S/C27H29Cl2N3O4S/c1-4-30-27(34)20(3)31(17-21-10-6-7-11-24(21)29)26(33)18-32(25-12-8-5-9-19(25)2)37(35,36)23-15-13-22(28)14-16-23/h5-16,20H,4,17-18H2,1-3H3,(H,30,34)/t20-/m1/s1. The van der Waals surface area contributed by atoms with Crippen LogP contribution < -0.4 is 9.62 Å². The molecule has 0 aliphatic heterocycles. The van der Waals surface area contributed by atoms with Gasteiger partial charge in [0.1, 0.15) is 12.6 Å². The number of hydrogen-bond donors (Lipinski definition) is 1. The van der Waals surface area contributed by atoms with Crippen molar-refractivity contribution in [2.45, 2.75) is 38.3 Å². The zero-order valence-electron chi connectivity index (χ0n) is 20.8. The minimum Gasteiger partial charge on any atom is -0.355 e. The number of nitrogens with zero attached hydrogens (tertiary/aromatic N) is 2. The number of carbonyl (C=O) groups is 2. The van der Waals surface area contributed by atoms with Crippen molar-refractivity contribution in [2.75, 3.05) is 17.4 Å². The molecule has 37 heavy (non-hydrogen) atoms. The van der Waals surface area contributed by atoms with E-state index >= 15 is 0 Å². The van der Waals surface area contributed by atoms with E-state index in [0.29, 0.717) is 33.4 Å². The van der Waals surface area contributed by atoms with E-state index in [1.807, 2.05) is 0 Å². The van der Waals surface area contributed by atoms with Crippen molar-refractivity contribution in [3.63, 3.8) is 0 Å². The average Bonchev–Trinajstić information content (AvgIpc) is 2.87. The molecule has 0 radical (unpaired) electrons. The third-order valence-corrected chi connectivity index (χ3v) is 8.28. The highest BCUT2D eigenvalue weighted by Gasteiger charge is 2.33. The van der Waals surface area contributed by atoms with E-state index in [1.54, 1.807) is 69.3 Å². The lowest BCUT2D eigenvalue weighted by atomic mass is 10.1. The van der Waals surface area contributed by atoms with Crippen molar-refractivity contribution >= 4 is 50.7 Å². The van der Waals surface area contributed by atoms with Crippen LogP contribution in [0.25, 0.3) is 0 Å². The molecule has 3 aromatic rings. The summed E-state index contributed by atoms with van der Waals surface area (Å²) in [5.74, 6) is -0.912. The number of nitrogens with one attached hydrogen (secondary N) is 1. The Bertz CT molecular complexity index is 1360. The molecule has 196 valence electrons. The van der Waals surface area contributed by atoms with Crippen molar-refractivity contribution in [2.24, 2.45) is 0 Å². The molecule has 2 amide bonds. The molecule has 0 spiro atoms. The summed E-state index contributed by atoms with van der Waals surface area (Å²) < 4.78 is 28.6. The predicted molar refractivity (Wildman–Crippen MR) is 147 cm³/mol. The molecule has 3 aromatic carbocycles. The van der Waals surface area contributed by atoms with E-state index in [2.05, 4.69) is 5.32 Å². The lowest BCUT2D eigenvalue weighted by molar-refractivity contribution is -0.139. The Morgan fingerprint density at radius 3 is 2.19 bits per heavy atom. The summed E-state index contributed by atoms with van der Waals surface area (Å²) in [6.07, 6.45) is 0. The topological polar surface area (TPSA) is 86.8 Å². The highest BCUT2D eigenvalue weighted by Crippen LogP contribution is 2.28. The van der Waals surface area contributed by atoms with Gasteiger partial charge in [0.15, 0.2) is 0 Å². The fraction of sp³-hybridized carbons (Fsp3) is 0.259. The number of anilines is 1. The molecule has 7 nitrogen and oxygen atoms in total. The molecular weight excluding hydrogens is 533 g/mol. The number of para-hydroxylation sites is 1. The van der Waals surface area contributed by atoms with Gasteiger partial charge >= 0.3 is 0 Å². The van der Waals surface area contributed by atoms with Gasteiger partial charge in [0.2, 0.25) is 11.8 Å². The van der Waals surface area contributed by atoms with E-state index in [-0.39, 0.29) is 17.3 Å². The Kier molecular flexibility index (Phi) is 9.59. The summed E-state index contributed by atoms with van der Waals surface area (Å²) in [6.45, 7) is 5.04. The molecule has 0 aromatic heterocycles. The van der Waals surface area contributed by atoms with Gasteiger partial charge in [0, 0.05) is 23.1 Å². The second-order valence-corrected chi connectivity index (χ2v) is 11.1. The minimum absolute atomic E-state index is 0.0117. The Hall–Kier alpha value is -3.07. The minimum atomic E-state index is -4.16. The quantitative estimate of drug-likeness (QED) is 0.375. The van der Waals surface area contributed by atoms with Crippen LogP contribution in [0.4, 0.5) is 5.69 Å². The highest BCUT2D eigenvalue weighted by molar-refractivity contribution is 7.92. The molecular formula is C27H29Cl2N3O4S. The summed E-state index contributed by atoms with van der Waals surface area (Å²) in [5, 5.41) is 3.55. The van der Waals surface area contributed by atoms with Crippen LogP contribution in [-0.4, -0.2) is 44.3 Å². The van der Waals surface area contributed by atoms with Gasteiger partial charge in [-0.15, -0.1) is 0 Å². The lowest BCUT2D eigenvalue weighted by Crippen LogP contribution is -2.51. The summed E-state index contributed by atoms with van der Waals surface area (Å²) in [4.78, 5) is 27.9. The van der Waals surface area contributed by atoms with Crippen LogP contribution in [0.15, 0.2) is 77.7 Å². The van der Waals surface area contributed by atoms with Gasteiger partial charge in [0.25, 0.3) is 10.0 Å². The van der Waals surface area contributed by atoms with Gasteiger partial charge in [-0.05, 0) is 68.3 Å². The number of rotatable bonds is 10. The van der Waals surface area contributed by atoms with E-state index < -0.39 is 28.5 Å². The molecule has 1 atom stereocenters. The van der Waals surface area contributed by atoms with Crippen LogP contribution in [0, 0.1) is 6.92 Å². The first kappa shape index (κ1) is 28.5. The van der Waals surface area contributed by atoms with Gasteiger partial charge in [-0.25, -0.2) is 8.42 Å². The average molecular weight is 563 g/mol. The van der Waals surface area contributed by atoms with E-state index in [1.165, 1.54) is 29.2 Å². The smallest absolute Gasteiger partial charge is 0.264 e. The third kappa shape index (κ3) is 6.83. The van der Waals surface area contributed by atoms with Crippen molar-refractivity contribution in [3.05, 3.63) is 94.0 Å². The number of sulfonamides is 1. The van der Waals surface area contributed by atoms with Crippen molar-refractivity contribution in [3.8, 4) is 0 Å². The summed E-state index contributed by atoms with van der Waals surface area (Å²) in [7, 11) is -4.16. The van der Waals surface area contributed by atoms with Gasteiger partial charge in [0.05, 0.1) is 10.6 Å². The lowest BCUT2D eigenvalue weighted by Gasteiger charge is -2.32. The Labute approximate surface area is 228 Å². The number of halogens is 2. The van der Waals surface area contributed by atoms with E-state index in [9.17, 15) is 18.0 Å². The molecule has 0 saturated heterocycles.